The molecule has 2 fully saturated rings. The van der Waals surface area contributed by atoms with Gasteiger partial charge in [-0.3, -0.25) is 9.59 Å². The number of aromatic hydroxyl groups is 1. The van der Waals surface area contributed by atoms with E-state index in [0.29, 0.717) is 49.1 Å². The number of Topliss-reactive ketones (excluding diaryl/α,β-unsaturated/α-hetero) is 2. The largest absolute Gasteiger partial charge is 0.504 e. The Bertz CT molecular complexity index is 1030. The molecule has 4 unspecified atom stereocenters. The maximum Gasteiger partial charge on any atom is 0.160 e. The molecule has 1 aromatic rings. The molecule has 2 saturated carbocycles. The topological polar surface area (TPSA) is 104 Å². The van der Waals surface area contributed by atoms with E-state index >= 15 is 0 Å². The lowest BCUT2D eigenvalue weighted by Crippen LogP contribution is -2.46. The molecule has 0 aromatic heterocycles. The van der Waals surface area contributed by atoms with Gasteiger partial charge in [0.05, 0.1) is 13.2 Å². The van der Waals surface area contributed by atoms with Crippen LogP contribution in [0.1, 0.15) is 101 Å². The van der Waals surface area contributed by atoms with Crippen molar-refractivity contribution in [2.24, 2.45) is 17.3 Å². The quantitative estimate of drug-likeness (QED) is 0.341. The number of rotatable bonds is 8. The van der Waals surface area contributed by atoms with Gasteiger partial charge in [0.1, 0.15) is 11.2 Å². The van der Waals surface area contributed by atoms with E-state index in [2.05, 4.69) is 11.8 Å². The van der Waals surface area contributed by atoms with Crippen LogP contribution in [-0.2, 0) is 16.0 Å². The number of aliphatic hydroxyl groups excluding tert-OH is 2. The second-order valence-corrected chi connectivity index (χ2v) is 11.4. The Balaban J connectivity index is 1.42. The zero-order chi connectivity index (χ0) is 26.4. The first kappa shape index (κ1) is 27.7. The molecule has 1 aromatic carbocycles. The van der Waals surface area contributed by atoms with Crippen molar-refractivity contribution in [2.45, 2.75) is 102 Å². The van der Waals surface area contributed by atoms with Crippen LogP contribution in [0.15, 0.2) is 12.1 Å². The van der Waals surface area contributed by atoms with E-state index in [-0.39, 0.29) is 30.5 Å². The van der Waals surface area contributed by atoms with Gasteiger partial charge in [0.2, 0.25) is 0 Å². The lowest BCUT2D eigenvalue weighted by molar-refractivity contribution is -0.134. The number of phenols is 1. The normalized spacial score (nSPS) is 28.6. The van der Waals surface area contributed by atoms with E-state index < -0.39 is 11.5 Å². The fourth-order valence-electron chi connectivity index (χ4n) is 6.64. The third-order valence-electron chi connectivity index (χ3n) is 9.03. The SMILES string of the molecule is COc1cc2c(cc1O)C(CCO)C#CC1(CCC(CCCCC3CCC(=O)CC3)CC1O)C(=O)CC2. The molecule has 4 rings (SSSR count). The van der Waals surface area contributed by atoms with E-state index in [9.17, 15) is 24.9 Å². The smallest absolute Gasteiger partial charge is 0.160 e. The van der Waals surface area contributed by atoms with Crippen molar-refractivity contribution in [3.63, 3.8) is 0 Å². The van der Waals surface area contributed by atoms with Crippen molar-refractivity contribution < 1.29 is 29.6 Å². The molecule has 3 N–H and O–H groups in total. The molecule has 0 bridgehead atoms. The number of carbonyl (C=O) groups excluding carboxylic acids is 2. The summed E-state index contributed by atoms with van der Waals surface area (Å²) >= 11 is 0. The van der Waals surface area contributed by atoms with Crippen LogP contribution in [0.25, 0.3) is 0 Å². The van der Waals surface area contributed by atoms with E-state index in [1.165, 1.54) is 13.5 Å². The number of phenolic OH excluding ortho intramolecular Hbond substituents is 1. The molecule has 1 spiro atoms. The molecule has 0 radical (unpaired) electrons. The van der Waals surface area contributed by atoms with Gasteiger partial charge in [0.15, 0.2) is 17.3 Å². The zero-order valence-electron chi connectivity index (χ0n) is 22.1. The fourth-order valence-corrected chi connectivity index (χ4v) is 6.64. The van der Waals surface area contributed by atoms with Crippen LogP contribution >= 0.6 is 0 Å². The molecule has 3 aliphatic carbocycles. The summed E-state index contributed by atoms with van der Waals surface area (Å²) in [6.07, 6.45) is 10.5. The molecule has 4 atom stereocenters. The molecular formula is C31H42O6. The van der Waals surface area contributed by atoms with Gasteiger partial charge < -0.3 is 20.1 Å². The minimum atomic E-state index is -1.06. The summed E-state index contributed by atoms with van der Waals surface area (Å²) in [6, 6.07) is 3.41. The van der Waals surface area contributed by atoms with E-state index in [0.717, 1.165) is 62.5 Å². The highest BCUT2D eigenvalue weighted by atomic mass is 16.5. The molecule has 0 heterocycles. The molecule has 0 aliphatic heterocycles. The van der Waals surface area contributed by atoms with Crippen molar-refractivity contribution in [2.75, 3.05) is 13.7 Å². The highest BCUT2D eigenvalue weighted by Crippen LogP contribution is 2.44. The Morgan fingerprint density at radius 1 is 1.00 bits per heavy atom. The number of fused-ring (bicyclic) bond motifs is 1. The second kappa shape index (κ2) is 12.5. The second-order valence-electron chi connectivity index (χ2n) is 11.4. The van der Waals surface area contributed by atoms with Gasteiger partial charge in [-0.2, -0.15) is 0 Å². The molecule has 6 heteroatoms. The third-order valence-corrected chi connectivity index (χ3v) is 9.03. The standard InChI is InChI=1S/C31H42O6/c1-37-28-19-24-8-11-29(35)31(16-13-23(14-17-32)26(24)20-27(28)34)15-12-22(18-30(31)36)5-3-2-4-21-6-9-25(33)10-7-21/h19-23,30,32,34,36H,2-12,14-15,17-18H2,1H3. The van der Waals surface area contributed by atoms with Crippen LogP contribution in [0.5, 0.6) is 11.5 Å². The van der Waals surface area contributed by atoms with E-state index in [1.807, 2.05) is 0 Å². The molecule has 3 aliphatic rings. The third kappa shape index (κ3) is 6.38. The first-order chi connectivity index (χ1) is 17.9. The summed E-state index contributed by atoms with van der Waals surface area (Å²) in [7, 11) is 1.49. The number of ketones is 2. The number of unbranched alkanes of at least 4 members (excludes halogenated alkanes) is 1. The van der Waals surface area contributed by atoms with E-state index in [4.69, 9.17) is 4.74 Å². The monoisotopic (exact) mass is 510 g/mol. The van der Waals surface area contributed by atoms with Crippen LogP contribution in [0, 0.1) is 29.1 Å². The maximum absolute atomic E-state index is 13.6. The van der Waals surface area contributed by atoms with Crippen molar-refractivity contribution in [1.82, 2.24) is 0 Å². The number of methoxy groups -OCH3 is 1. The summed E-state index contributed by atoms with van der Waals surface area (Å²) in [5, 5.41) is 31.4. The van der Waals surface area contributed by atoms with Gasteiger partial charge in [-0.15, -0.1) is 0 Å². The highest BCUT2D eigenvalue weighted by molar-refractivity contribution is 5.89. The predicted octanol–water partition coefficient (Wildman–Crippen LogP) is 4.85. The van der Waals surface area contributed by atoms with Crippen molar-refractivity contribution >= 4 is 11.6 Å². The zero-order valence-corrected chi connectivity index (χ0v) is 22.1. The van der Waals surface area contributed by atoms with Crippen molar-refractivity contribution in [1.29, 1.82) is 0 Å². The van der Waals surface area contributed by atoms with Crippen LogP contribution in [0.3, 0.4) is 0 Å². The van der Waals surface area contributed by atoms with Crippen LogP contribution in [0.4, 0.5) is 0 Å². The van der Waals surface area contributed by atoms with Gasteiger partial charge in [-0.1, -0.05) is 37.5 Å². The van der Waals surface area contributed by atoms with Crippen molar-refractivity contribution in [3.8, 4) is 23.3 Å². The van der Waals surface area contributed by atoms with Gasteiger partial charge in [-0.25, -0.2) is 0 Å². The van der Waals surface area contributed by atoms with Gasteiger partial charge in [0.25, 0.3) is 0 Å². The summed E-state index contributed by atoms with van der Waals surface area (Å²) < 4.78 is 5.28. The number of aryl methyl sites for hydroxylation is 1. The average Bonchev–Trinajstić information content (AvgIpc) is 2.94. The Hall–Kier alpha value is -2.36. The first-order valence-electron chi connectivity index (χ1n) is 14.1. The Labute approximate surface area is 220 Å². The number of carbonyl (C=O) groups is 2. The molecule has 0 amide bonds. The molecular weight excluding hydrogens is 468 g/mol. The van der Waals surface area contributed by atoms with Crippen LogP contribution in [-0.4, -0.2) is 46.7 Å². The summed E-state index contributed by atoms with van der Waals surface area (Å²) in [6.45, 7) is -0.0612. The lowest BCUT2D eigenvalue weighted by Gasteiger charge is -2.40. The number of hydrogen-bond acceptors (Lipinski definition) is 6. The number of aliphatic hydroxyl groups is 2. The summed E-state index contributed by atoms with van der Waals surface area (Å²) in [5.74, 6) is 7.99. The number of benzene rings is 1. The molecule has 37 heavy (non-hydrogen) atoms. The molecule has 6 nitrogen and oxygen atoms in total. The van der Waals surface area contributed by atoms with Gasteiger partial charge in [0, 0.05) is 31.8 Å². The van der Waals surface area contributed by atoms with Crippen molar-refractivity contribution in [3.05, 3.63) is 23.3 Å². The molecule has 202 valence electrons. The Morgan fingerprint density at radius 3 is 2.41 bits per heavy atom. The summed E-state index contributed by atoms with van der Waals surface area (Å²) in [4.78, 5) is 25.0. The fraction of sp³-hybridized carbons (Fsp3) is 0.677. The highest BCUT2D eigenvalue weighted by Gasteiger charge is 2.47. The Morgan fingerprint density at radius 2 is 1.73 bits per heavy atom. The lowest BCUT2D eigenvalue weighted by atomic mass is 9.64. The first-order valence-corrected chi connectivity index (χ1v) is 14.1. The van der Waals surface area contributed by atoms with Crippen LogP contribution in [0.2, 0.25) is 0 Å². The number of ether oxygens (including phenoxy) is 1. The predicted molar refractivity (Wildman–Crippen MR) is 141 cm³/mol. The summed E-state index contributed by atoms with van der Waals surface area (Å²) in [5.41, 5.74) is 0.640. The Kier molecular flexibility index (Phi) is 9.31. The minimum absolute atomic E-state index is 0.0135. The van der Waals surface area contributed by atoms with Gasteiger partial charge in [-0.05, 0) is 80.0 Å². The van der Waals surface area contributed by atoms with Crippen LogP contribution < -0.4 is 4.74 Å². The van der Waals surface area contributed by atoms with Gasteiger partial charge >= 0.3 is 0 Å². The van der Waals surface area contributed by atoms with E-state index in [1.54, 1.807) is 12.1 Å². The average molecular weight is 511 g/mol. The number of hydrogen-bond donors (Lipinski definition) is 3. The molecule has 0 saturated heterocycles. The maximum atomic E-state index is 13.6. The minimum Gasteiger partial charge on any atom is -0.504 e.